The van der Waals surface area contributed by atoms with Crippen LogP contribution in [0, 0.1) is 0 Å². The van der Waals surface area contributed by atoms with Crippen LogP contribution in [0.5, 0.6) is 5.88 Å². The van der Waals surface area contributed by atoms with Gasteiger partial charge in [0.25, 0.3) is 5.91 Å². The molecule has 0 aliphatic rings. The standard InChI is InChI=1S/C22H24N4O2/c1-16(18-7-5-4-6-8-18)28-21-10-9-19(15-24-21)22(27)25-14-17-11-12-23-20(13-17)26(2)3/h4-13,15-16H,14H2,1-3H3,(H,25,27)/t16-/m1/s1. The molecule has 0 aliphatic carbocycles. The van der Waals surface area contributed by atoms with Crippen molar-refractivity contribution in [1.82, 2.24) is 15.3 Å². The number of carbonyl (C=O) groups excluding carboxylic acids is 1. The second kappa shape index (κ2) is 8.99. The summed E-state index contributed by atoms with van der Waals surface area (Å²) in [6.07, 6.45) is 3.14. The highest BCUT2D eigenvalue weighted by Gasteiger charge is 2.10. The third-order valence-corrected chi connectivity index (χ3v) is 4.29. The highest BCUT2D eigenvalue weighted by Crippen LogP contribution is 2.19. The lowest BCUT2D eigenvalue weighted by molar-refractivity contribution is 0.0950. The van der Waals surface area contributed by atoms with Crippen molar-refractivity contribution in [3.05, 3.63) is 83.7 Å². The van der Waals surface area contributed by atoms with Crippen molar-refractivity contribution in [1.29, 1.82) is 0 Å². The van der Waals surface area contributed by atoms with Crippen molar-refractivity contribution in [2.45, 2.75) is 19.6 Å². The normalized spacial score (nSPS) is 11.5. The topological polar surface area (TPSA) is 67.3 Å². The van der Waals surface area contributed by atoms with Gasteiger partial charge in [0, 0.05) is 39.1 Å². The number of nitrogens with one attached hydrogen (secondary N) is 1. The number of pyridine rings is 2. The lowest BCUT2D eigenvalue weighted by Crippen LogP contribution is -2.23. The first-order chi connectivity index (χ1) is 13.5. The van der Waals surface area contributed by atoms with Gasteiger partial charge >= 0.3 is 0 Å². The van der Waals surface area contributed by atoms with Gasteiger partial charge in [0.15, 0.2) is 0 Å². The van der Waals surface area contributed by atoms with E-state index in [0.29, 0.717) is 18.0 Å². The third kappa shape index (κ3) is 5.07. The van der Waals surface area contributed by atoms with Gasteiger partial charge in [0.1, 0.15) is 11.9 Å². The summed E-state index contributed by atoms with van der Waals surface area (Å²) in [4.78, 5) is 22.8. The van der Waals surface area contributed by atoms with Crippen LogP contribution in [-0.2, 0) is 6.54 Å². The van der Waals surface area contributed by atoms with E-state index in [-0.39, 0.29) is 12.0 Å². The van der Waals surface area contributed by atoms with Gasteiger partial charge in [0.2, 0.25) is 5.88 Å². The molecule has 6 heteroatoms. The van der Waals surface area contributed by atoms with Crippen molar-refractivity contribution in [2.24, 2.45) is 0 Å². The van der Waals surface area contributed by atoms with Crippen LogP contribution in [0.3, 0.4) is 0 Å². The fourth-order valence-electron chi connectivity index (χ4n) is 2.66. The predicted molar refractivity (Wildman–Crippen MR) is 109 cm³/mol. The van der Waals surface area contributed by atoms with Crippen LogP contribution in [0.1, 0.15) is 34.5 Å². The van der Waals surface area contributed by atoms with Crippen LogP contribution in [0.15, 0.2) is 67.0 Å². The molecule has 1 atom stereocenters. The number of ether oxygens (including phenoxy) is 1. The summed E-state index contributed by atoms with van der Waals surface area (Å²) < 4.78 is 5.85. The van der Waals surface area contributed by atoms with Crippen molar-refractivity contribution < 1.29 is 9.53 Å². The molecule has 0 radical (unpaired) electrons. The first kappa shape index (κ1) is 19.4. The highest BCUT2D eigenvalue weighted by atomic mass is 16.5. The molecule has 0 saturated carbocycles. The van der Waals surface area contributed by atoms with Crippen LogP contribution in [0.4, 0.5) is 5.82 Å². The van der Waals surface area contributed by atoms with Crippen LogP contribution in [0.2, 0.25) is 0 Å². The average molecular weight is 376 g/mol. The Morgan fingerprint density at radius 3 is 2.57 bits per heavy atom. The first-order valence-corrected chi connectivity index (χ1v) is 9.11. The molecule has 2 aromatic heterocycles. The lowest BCUT2D eigenvalue weighted by Gasteiger charge is -2.14. The second-order valence-electron chi connectivity index (χ2n) is 6.66. The van der Waals surface area contributed by atoms with Crippen LogP contribution in [0.25, 0.3) is 0 Å². The molecule has 0 fully saturated rings. The van der Waals surface area contributed by atoms with Crippen molar-refractivity contribution >= 4 is 11.7 Å². The van der Waals surface area contributed by atoms with Gasteiger partial charge in [-0.05, 0) is 36.2 Å². The lowest BCUT2D eigenvalue weighted by atomic mass is 10.1. The maximum atomic E-state index is 12.4. The van der Waals surface area contributed by atoms with Crippen LogP contribution < -0.4 is 15.0 Å². The molecule has 1 N–H and O–H groups in total. The van der Waals surface area contributed by atoms with Gasteiger partial charge in [-0.2, -0.15) is 0 Å². The Balaban J connectivity index is 1.57. The monoisotopic (exact) mass is 376 g/mol. The molecule has 1 aromatic carbocycles. The van der Waals surface area contributed by atoms with Crippen molar-refractivity contribution in [3.8, 4) is 5.88 Å². The van der Waals surface area contributed by atoms with Gasteiger partial charge in [-0.3, -0.25) is 4.79 Å². The van der Waals surface area contributed by atoms with E-state index in [4.69, 9.17) is 4.74 Å². The van der Waals surface area contributed by atoms with Crippen LogP contribution >= 0.6 is 0 Å². The van der Waals surface area contributed by atoms with E-state index in [0.717, 1.165) is 16.9 Å². The number of amides is 1. The molecule has 0 spiro atoms. The largest absolute Gasteiger partial charge is 0.470 e. The molecular formula is C22H24N4O2. The molecular weight excluding hydrogens is 352 g/mol. The van der Waals surface area contributed by atoms with E-state index >= 15 is 0 Å². The Hall–Kier alpha value is -3.41. The van der Waals surface area contributed by atoms with Crippen molar-refractivity contribution in [3.63, 3.8) is 0 Å². The number of carbonyl (C=O) groups is 1. The molecule has 2 heterocycles. The van der Waals surface area contributed by atoms with E-state index in [2.05, 4.69) is 15.3 Å². The van der Waals surface area contributed by atoms with Crippen LogP contribution in [-0.4, -0.2) is 30.0 Å². The minimum absolute atomic E-state index is 0.119. The summed E-state index contributed by atoms with van der Waals surface area (Å²) in [5, 5.41) is 2.90. The molecule has 3 rings (SSSR count). The summed E-state index contributed by atoms with van der Waals surface area (Å²) in [7, 11) is 3.86. The Bertz CT molecular complexity index is 911. The maximum Gasteiger partial charge on any atom is 0.253 e. The summed E-state index contributed by atoms with van der Waals surface area (Å²) in [5.41, 5.74) is 2.54. The number of hydrogen-bond donors (Lipinski definition) is 1. The van der Waals surface area contributed by atoms with E-state index in [1.165, 1.54) is 6.20 Å². The van der Waals surface area contributed by atoms with E-state index in [1.807, 2.05) is 68.4 Å². The Kier molecular flexibility index (Phi) is 6.22. The Labute approximate surface area is 165 Å². The molecule has 0 unspecified atom stereocenters. The number of benzene rings is 1. The molecule has 0 aliphatic heterocycles. The number of aromatic nitrogens is 2. The van der Waals surface area contributed by atoms with Gasteiger partial charge in [-0.1, -0.05) is 30.3 Å². The molecule has 3 aromatic rings. The molecule has 6 nitrogen and oxygen atoms in total. The fraction of sp³-hybridized carbons (Fsp3) is 0.227. The molecule has 28 heavy (non-hydrogen) atoms. The zero-order valence-electron chi connectivity index (χ0n) is 16.3. The molecule has 1 amide bonds. The number of nitrogens with zero attached hydrogens (tertiary/aromatic N) is 3. The smallest absolute Gasteiger partial charge is 0.253 e. The average Bonchev–Trinajstić information content (AvgIpc) is 2.73. The second-order valence-corrected chi connectivity index (χ2v) is 6.66. The third-order valence-electron chi connectivity index (χ3n) is 4.29. The van der Waals surface area contributed by atoms with Gasteiger partial charge in [-0.15, -0.1) is 0 Å². The predicted octanol–water partition coefficient (Wildman–Crippen LogP) is 3.61. The summed E-state index contributed by atoms with van der Waals surface area (Å²) in [5.74, 6) is 1.15. The zero-order valence-corrected chi connectivity index (χ0v) is 16.3. The SMILES string of the molecule is C[C@@H](Oc1ccc(C(=O)NCc2ccnc(N(C)C)c2)cn1)c1ccccc1. The Morgan fingerprint density at radius 2 is 1.89 bits per heavy atom. The van der Waals surface area contributed by atoms with Gasteiger partial charge < -0.3 is 15.0 Å². The molecule has 0 saturated heterocycles. The molecule has 0 bridgehead atoms. The van der Waals surface area contributed by atoms with E-state index in [1.54, 1.807) is 18.3 Å². The minimum atomic E-state index is -0.182. The van der Waals surface area contributed by atoms with Gasteiger partial charge in [0.05, 0.1) is 5.56 Å². The number of rotatable bonds is 7. The number of anilines is 1. The summed E-state index contributed by atoms with van der Waals surface area (Å²) in [6.45, 7) is 2.39. The molecule has 144 valence electrons. The zero-order chi connectivity index (χ0) is 19.9. The van der Waals surface area contributed by atoms with E-state index in [9.17, 15) is 4.79 Å². The van der Waals surface area contributed by atoms with Gasteiger partial charge in [-0.25, -0.2) is 9.97 Å². The minimum Gasteiger partial charge on any atom is -0.470 e. The quantitative estimate of drug-likeness (QED) is 0.682. The van der Waals surface area contributed by atoms with Crippen molar-refractivity contribution in [2.75, 3.05) is 19.0 Å². The Morgan fingerprint density at radius 1 is 1.11 bits per heavy atom. The number of hydrogen-bond acceptors (Lipinski definition) is 5. The van der Waals surface area contributed by atoms with E-state index < -0.39 is 0 Å². The summed E-state index contributed by atoms with van der Waals surface area (Å²) >= 11 is 0. The highest BCUT2D eigenvalue weighted by molar-refractivity contribution is 5.93. The maximum absolute atomic E-state index is 12.4. The first-order valence-electron chi connectivity index (χ1n) is 9.11. The summed E-state index contributed by atoms with van der Waals surface area (Å²) in [6, 6.07) is 17.2. The fourth-order valence-corrected chi connectivity index (χ4v) is 2.66.